The van der Waals surface area contributed by atoms with Crippen LogP contribution in [0.4, 0.5) is 0 Å². The molecular weight excluding hydrogens is 887 g/mol. The Balaban J connectivity index is 1.41. The summed E-state index contributed by atoms with van der Waals surface area (Å²) in [6.45, 7) is 5.78. The summed E-state index contributed by atoms with van der Waals surface area (Å²) < 4.78 is 21.5. The highest BCUT2D eigenvalue weighted by Crippen LogP contribution is 2.51. The molecule has 388 valence electrons. The third kappa shape index (κ3) is 26.2. The molecule has 0 aliphatic heterocycles. The van der Waals surface area contributed by atoms with Crippen molar-refractivity contribution in [1.82, 2.24) is 31.9 Å². The zero-order valence-corrected chi connectivity index (χ0v) is 40.5. The number of hydrogen-bond acceptors (Lipinski definition) is 15. The molecule has 22 nitrogen and oxygen atoms in total. The molecule has 2 fully saturated rings. The van der Waals surface area contributed by atoms with Gasteiger partial charge in [0.05, 0.1) is 51.2 Å². The monoisotopic (exact) mass is 968 g/mol. The lowest BCUT2D eigenvalue weighted by molar-refractivity contribution is -0.129. The fourth-order valence-corrected chi connectivity index (χ4v) is 7.48. The van der Waals surface area contributed by atoms with Crippen molar-refractivity contribution in [3.63, 3.8) is 0 Å². The highest BCUT2D eigenvalue weighted by Gasteiger charge is 2.49. The number of carbonyl (C=O) groups excluding carboxylic acids is 9. The molecule has 0 spiro atoms. The van der Waals surface area contributed by atoms with Crippen LogP contribution in [0.3, 0.4) is 0 Å². The summed E-state index contributed by atoms with van der Waals surface area (Å²) in [5, 5.41) is 16.9. The highest BCUT2D eigenvalue weighted by atomic mass is 16.5. The Kier molecular flexibility index (Phi) is 29.6. The van der Waals surface area contributed by atoms with Gasteiger partial charge >= 0.3 is 0 Å². The molecule has 22 heteroatoms. The third-order valence-corrected chi connectivity index (χ3v) is 12.1. The zero-order valence-electron chi connectivity index (χ0n) is 40.5. The van der Waals surface area contributed by atoms with Gasteiger partial charge in [0.1, 0.15) is 30.8 Å². The van der Waals surface area contributed by atoms with E-state index < -0.39 is 34.9 Å². The van der Waals surface area contributed by atoms with Gasteiger partial charge in [0.25, 0.3) is 0 Å². The molecule has 2 aliphatic rings. The molecule has 0 aromatic heterocycles. The van der Waals surface area contributed by atoms with Gasteiger partial charge in [-0.2, -0.15) is 0 Å². The lowest BCUT2D eigenvalue weighted by Crippen LogP contribution is -2.50. The average Bonchev–Trinajstić information content (AvgIpc) is 4.24. The number of primary amides is 2. The zero-order chi connectivity index (χ0) is 50.2. The van der Waals surface area contributed by atoms with Crippen molar-refractivity contribution in [2.24, 2.45) is 28.5 Å². The maximum Gasteiger partial charge on any atom is 0.246 e. The van der Waals surface area contributed by atoms with E-state index >= 15 is 0 Å². The number of ether oxygens (including phenoxy) is 4. The molecule has 2 rings (SSSR count). The number of hydrogen-bond donors (Lipinski definition) is 9. The van der Waals surface area contributed by atoms with Gasteiger partial charge in [-0.1, -0.05) is 6.42 Å². The lowest BCUT2D eigenvalue weighted by Gasteiger charge is -2.21. The number of Topliss-reactive ketones (excluding diaryl/α,β-unsaturated/α-hetero) is 2. The maximum atomic E-state index is 13.0. The first-order chi connectivity index (χ1) is 32.5. The fourth-order valence-electron chi connectivity index (χ4n) is 7.48. The molecule has 0 bridgehead atoms. The molecule has 0 aromatic carbocycles. The molecule has 68 heavy (non-hydrogen) atoms. The van der Waals surface area contributed by atoms with Gasteiger partial charge in [-0.05, 0) is 110 Å². The topological polar surface area (TPSA) is 341 Å². The number of rotatable bonds is 44. The van der Waals surface area contributed by atoms with Crippen molar-refractivity contribution in [3.05, 3.63) is 0 Å². The van der Waals surface area contributed by atoms with E-state index in [0.29, 0.717) is 96.7 Å². The van der Waals surface area contributed by atoms with Crippen LogP contribution in [0, 0.1) is 11.3 Å². The van der Waals surface area contributed by atoms with E-state index in [4.69, 9.17) is 36.1 Å². The number of nitrogens with two attached hydrogens (primary N) is 3. The molecule has 3 atom stereocenters. The van der Waals surface area contributed by atoms with Gasteiger partial charge in [-0.25, -0.2) is 0 Å². The number of carbonyl (C=O) groups is 9. The SMILES string of the molecule is CC(=O)C1(CC(CCCCNC(=O)C(CCCCN)NC(=O)CCCC(=O)NCCOCCOCC(=O)NCCOCCOCC(=O)NCCCCC(NC2(C(C)=O)CC2)C(N)=O)C(N)=O)CC1. The number of nitrogens with one attached hydrogen (secondary N) is 6. The Morgan fingerprint density at radius 2 is 1.03 bits per heavy atom. The summed E-state index contributed by atoms with van der Waals surface area (Å²) in [6, 6.07) is -1.33. The molecule has 7 amide bonds. The summed E-state index contributed by atoms with van der Waals surface area (Å²) in [7, 11) is 0. The Bertz CT molecular complexity index is 1610. The van der Waals surface area contributed by atoms with Crippen molar-refractivity contribution >= 4 is 52.9 Å². The molecule has 0 aromatic rings. The maximum absolute atomic E-state index is 13.0. The van der Waals surface area contributed by atoms with Crippen LogP contribution in [0.1, 0.15) is 123 Å². The largest absolute Gasteiger partial charge is 0.377 e. The van der Waals surface area contributed by atoms with E-state index in [1.165, 1.54) is 6.92 Å². The van der Waals surface area contributed by atoms with Crippen molar-refractivity contribution < 1.29 is 62.1 Å². The standard InChI is InChI=1S/C46H81N9O13/c1-33(56)45(15-16-45)30-35(42(48)62)10-4-7-21-53-44(64)37(12-3-6-19-47)54-39(59)14-9-13-38(58)51-22-24-65-26-29-68-32-41(61)52-23-25-66-27-28-67-31-40(60)50-20-8-5-11-36(43(49)63)55-46(17-18-46)34(2)57/h35-37,55H,3-32,47H2,1-2H3,(H2,48,62)(H2,49,63)(H,50,60)(H,51,58)(H,52,61)(H,53,64)(H,54,59). The van der Waals surface area contributed by atoms with E-state index in [0.717, 1.165) is 12.8 Å². The summed E-state index contributed by atoms with van der Waals surface area (Å²) in [5.74, 6) is -2.68. The van der Waals surface area contributed by atoms with Crippen LogP contribution in [0.25, 0.3) is 0 Å². The molecule has 3 unspecified atom stereocenters. The van der Waals surface area contributed by atoms with Crippen LogP contribution < -0.4 is 49.1 Å². The number of ketones is 2. The lowest BCUT2D eigenvalue weighted by atomic mass is 9.85. The van der Waals surface area contributed by atoms with Crippen molar-refractivity contribution in [1.29, 1.82) is 0 Å². The molecule has 2 saturated carbocycles. The molecule has 0 radical (unpaired) electrons. The average molecular weight is 968 g/mol. The van der Waals surface area contributed by atoms with Crippen molar-refractivity contribution in [2.45, 2.75) is 141 Å². The summed E-state index contributed by atoms with van der Waals surface area (Å²) in [6.07, 6.45) is 9.26. The van der Waals surface area contributed by atoms with E-state index in [1.807, 2.05) is 0 Å². The van der Waals surface area contributed by atoms with Crippen LogP contribution in [-0.2, 0) is 62.1 Å². The fraction of sp³-hybridized carbons (Fsp3) is 0.804. The summed E-state index contributed by atoms with van der Waals surface area (Å²) in [4.78, 5) is 109. The predicted octanol–water partition coefficient (Wildman–Crippen LogP) is -0.932. The molecule has 12 N–H and O–H groups in total. The predicted molar refractivity (Wildman–Crippen MR) is 250 cm³/mol. The van der Waals surface area contributed by atoms with E-state index in [2.05, 4.69) is 31.9 Å². The van der Waals surface area contributed by atoms with Gasteiger partial charge in [-0.3, -0.25) is 48.5 Å². The smallest absolute Gasteiger partial charge is 0.246 e. The van der Waals surface area contributed by atoms with E-state index in [1.54, 1.807) is 6.92 Å². The Morgan fingerprint density at radius 3 is 1.56 bits per heavy atom. The van der Waals surface area contributed by atoms with Crippen LogP contribution in [0.15, 0.2) is 0 Å². The minimum atomic E-state index is -0.740. The Morgan fingerprint density at radius 1 is 0.515 bits per heavy atom. The van der Waals surface area contributed by atoms with Gasteiger partial charge < -0.3 is 62.7 Å². The minimum Gasteiger partial charge on any atom is -0.377 e. The second kappa shape index (κ2) is 33.8. The molecule has 2 aliphatic carbocycles. The van der Waals surface area contributed by atoms with Crippen LogP contribution >= 0.6 is 0 Å². The number of amides is 7. The first-order valence-corrected chi connectivity index (χ1v) is 24.3. The van der Waals surface area contributed by atoms with Crippen LogP contribution in [0.2, 0.25) is 0 Å². The minimum absolute atomic E-state index is 0.00743. The summed E-state index contributed by atoms with van der Waals surface area (Å²) >= 11 is 0. The Labute approximate surface area is 400 Å². The highest BCUT2D eigenvalue weighted by molar-refractivity contribution is 5.91. The van der Waals surface area contributed by atoms with Crippen LogP contribution in [0.5, 0.6) is 0 Å². The van der Waals surface area contributed by atoms with Gasteiger partial charge in [0.2, 0.25) is 41.4 Å². The van der Waals surface area contributed by atoms with Gasteiger partial charge in [0.15, 0.2) is 0 Å². The third-order valence-electron chi connectivity index (χ3n) is 12.1. The summed E-state index contributed by atoms with van der Waals surface area (Å²) in [5.41, 5.74) is 15.7. The normalized spacial score (nSPS) is 15.5. The van der Waals surface area contributed by atoms with Gasteiger partial charge in [-0.15, -0.1) is 0 Å². The van der Waals surface area contributed by atoms with Crippen LogP contribution in [-0.4, -0.2) is 156 Å². The van der Waals surface area contributed by atoms with Crippen molar-refractivity contribution in [2.75, 3.05) is 85.6 Å². The van der Waals surface area contributed by atoms with E-state index in [-0.39, 0.29) is 132 Å². The van der Waals surface area contributed by atoms with Crippen molar-refractivity contribution in [3.8, 4) is 0 Å². The van der Waals surface area contributed by atoms with E-state index in [9.17, 15) is 43.2 Å². The van der Waals surface area contributed by atoms with Gasteiger partial charge in [0, 0.05) is 50.4 Å². The first kappa shape index (κ1) is 59.5. The quantitative estimate of drug-likeness (QED) is 0.0333. The molecule has 0 saturated heterocycles. The molecule has 0 heterocycles. The first-order valence-electron chi connectivity index (χ1n) is 24.3. The number of unbranched alkanes of at least 4 members (excludes halogenated alkanes) is 3. The second-order valence-electron chi connectivity index (χ2n) is 17.8. The Hall–Kier alpha value is -4.61. The molecular formula is C46H81N9O13. The second-order valence-corrected chi connectivity index (χ2v) is 17.8.